The summed E-state index contributed by atoms with van der Waals surface area (Å²) in [7, 11) is 1.60. The number of ether oxygens (including phenoxy) is 2. The fourth-order valence-electron chi connectivity index (χ4n) is 2.34. The Morgan fingerprint density at radius 3 is 2.69 bits per heavy atom. The van der Waals surface area contributed by atoms with E-state index in [1.54, 1.807) is 13.2 Å². The van der Waals surface area contributed by atoms with Gasteiger partial charge in [0, 0.05) is 5.56 Å². The predicted octanol–water partition coefficient (Wildman–Crippen LogP) is 5.27. The first-order valence-corrected chi connectivity index (χ1v) is 8.66. The number of halogens is 1. The maximum Gasteiger partial charge on any atom is 0.269 e. The molecule has 3 aromatic rings. The normalized spacial score (nSPS) is 11.4. The number of hydrogen-bond donors (Lipinski definition) is 0. The minimum atomic E-state index is 0.260. The van der Waals surface area contributed by atoms with Gasteiger partial charge in [0.1, 0.15) is 5.03 Å². The fraction of sp³-hybridized carbons (Fsp3) is 0.200. The Hall–Kier alpha value is -2.79. The van der Waals surface area contributed by atoms with Crippen molar-refractivity contribution in [1.82, 2.24) is 10.1 Å². The lowest BCUT2D eigenvalue weighted by Crippen LogP contribution is -1.97. The lowest BCUT2D eigenvalue weighted by molar-refractivity contribution is 0.294. The molecule has 2 aromatic carbocycles. The van der Waals surface area contributed by atoms with Gasteiger partial charge in [0.2, 0.25) is 5.82 Å². The summed E-state index contributed by atoms with van der Waals surface area (Å²) in [5.74, 6) is 2.10. The molecule has 134 valence electrons. The van der Waals surface area contributed by atoms with Crippen molar-refractivity contribution in [2.24, 2.45) is 0 Å². The first-order valence-electron chi connectivity index (χ1n) is 8.28. The summed E-state index contributed by atoms with van der Waals surface area (Å²) in [4.78, 5) is 4.34. The number of hydrogen-bond acceptors (Lipinski definition) is 5. The van der Waals surface area contributed by atoms with E-state index >= 15 is 0 Å². The van der Waals surface area contributed by atoms with Gasteiger partial charge in [-0.15, -0.1) is 0 Å². The van der Waals surface area contributed by atoms with Crippen LogP contribution in [0.1, 0.15) is 24.8 Å². The molecule has 0 aliphatic carbocycles. The zero-order valence-corrected chi connectivity index (χ0v) is 15.4. The van der Waals surface area contributed by atoms with Crippen LogP contribution >= 0.6 is 11.6 Å². The van der Waals surface area contributed by atoms with Crippen LogP contribution in [0, 0.1) is 0 Å². The van der Waals surface area contributed by atoms with E-state index in [9.17, 15) is 0 Å². The summed E-state index contributed by atoms with van der Waals surface area (Å²) in [6.45, 7) is 2.69. The minimum Gasteiger partial charge on any atom is -0.493 e. The van der Waals surface area contributed by atoms with E-state index in [0.29, 0.717) is 29.0 Å². The highest BCUT2D eigenvalue weighted by molar-refractivity contribution is 6.50. The summed E-state index contributed by atoms with van der Waals surface area (Å²) in [6, 6.07) is 15.2. The quantitative estimate of drug-likeness (QED) is 0.567. The Bertz CT molecular complexity index is 891. The highest BCUT2D eigenvalue weighted by atomic mass is 35.5. The molecule has 0 unspecified atom stereocenters. The van der Waals surface area contributed by atoms with Gasteiger partial charge in [-0.25, -0.2) is 0 Å². The summed E-state index contributed by atoms with van der Waals surface area (Å²) >= 11 is 6.35. The molecule has 0 N–H and O–H groups in total. The molecule has 0 amide bonds. The Morgan fingerprint density at radius 1 is 1.15 bits per heavy atom. The van der Waals surface area contributed by atoms with Crippen LogP contribution in [0.25, 0.3) is 22.5 Å². The molecule has 0 saturated carbocycles. The second-order valence-electron chi connectivity index (χ2n) is 5.54. The largest absolute Gasteiger partial charge is 0.493 e. The molecule has 3 rings (SSSR count). The van der Waals surface area contributed by atoms with E-state index in [4.69, 9.17) is 25.6 Å². The lowest BCUT2D eigenvalue weighted by atomic mass is 10.2. The lowest BCUT2D eigenvalue weighted by Gasteiger charge is -2.10. The molecule has 0 aliphatic heterocycles. The predicted molar refractivity (Wildman–Crippen MR) is 102 cm³/mol. The third-order valence-corrected chi connectivity index (χ3v) is 3.88. The van der Waals surface area contributed by atoms with Crippen LogP contribution in [0.4, 0.5) is 0 Å². The van der Waals surface area contributed by atoms with Gasteiger partial charge < -0.3 is 14.0 Å². The number of methoxy groups -OCH3 is 1. The van der Waals surface area contributed by atoms with Crippen LogP contribution in [-0.4, -0.2) is 23.9 Å². The number of rotatable bonds is 7. The standard InChI is InChI=1S/C20H19ClN2O3/c1-3-11-25-17-10-9-14(13-18(17)24-2)12-16(21)20-22-19(23-26-20)15-7-5-4-6-8-15/h4-10,12-13H,3,11H2,1-2H3/b16-12-. The summed E-state index contributed by atoms with van der Waals surface area (Å²) < 4.78 is 16.3. The third-order valence-electron chi connectivity index (χ3n) is 3.61. The maximum absolute atomic E-state index is 6.35. The van der Waals surface area contributed by atoms with Crippen molar-refractivity contribution in [3.8, 4) is 22.9 Å². The van der Waals surface area contributed by atoms with Crippen molar-refractivity contribution >= 4 is 22.7 Å². The molecule has 0 radical (unpaired) electrons. The van der Waals surface area contributed by atoms with Gasteiger partial charge in [-0.05, 0) is 30.2 Å². The molecule has 0 bridgehead atoms. The van der Waals surface area contributed by atoms with E-state index in [1.807, 2.05) is 48.5 Å². The SMILES string of the molecule is CCCOc1ccc(/C=C(\Cl)c2nc(-c3ccccc3)no2)cc1OC. The number of benzene rings is 2. The Kier molecular flexibility index (Phi) is 5.92. The second-order valence-corrected chi connectivity index (χ2v) is 5.95. The van der Waals surface area contributed by atoms with E-state index in [1.165, 1.54) is 0 Å². The van der Waals surface area contributed by atoms with Crippen LogP contribution in [-0.2, 0) is 0 Å². The third kappa shape index (κ3) is 4.24. The van der Waals surface area contributed by atoms with Gasteiger partial charge >= 0.3 is 0 Å². The van der Waals surface area contributed by atoms with Gasteiger partial charge in [-0.1, -0.05) is 60.1 Å². The van der Waals surface area contributed by atoms with Crippen LogP contribution in [0.5, 0.6) is 11.5 Å². The van der Waals surface area contributed by atoms with E-state index in [-0.39, 0.29) is 5.89 Å². The fourth-order valence-corrected chi connectivity index (χ4v) is 2.54. The molecule has 1 heterocycles. The maximum atomic E-state index is 6.35. The molecular weight excluding hydrogens is 352 g/mol. The summed E-state index contributed by atoms with van der Waals surface area (Å²) in [5, 5.41) is 4.33. The summed E-state index contributed by atoms with van der Waals surface area (Å²) in [5.41, 5.74) is 1.71. The Morgan fingerprint density at radius 2 is 1.96 bits per heavy atom. The van der Waals surface area contributed by atoms with E-state index in [2.05, 4.69) is 17.1 Å². The average Bonchev–Trinajstić information content (AvgIpc) is 3.18. The molecule has 0 atom stereocenters. The average molecular weight is 371 g/mol. The molecule has 1 aromatic heterocycles. The minimum absolute atomic E-state index is 0.260. The molecule has 5 nitrogen and oxygen atoms in total. The molecule has 0 aliphatic rings. The Labute approximate surface area is 157 Å². The van der Waals surface area contributed by atoms with Crippen LogP contribution in [0.3, 0.4) is 0 Å². The molecular formula is C20H19ClN2O3. The van der Waals surface area contributed by atoms with Crippen molar-refractivity contribution in [2.75, 3.05) is 13.7 Å². The van der Waals surface area contributed by atoms with Gasteiger partial charge in [-0.3, -0.25) is 0 Å². The molecule has 6 heteroatoms. The van der Waals surface area contributed by atoms with Crippen molar-refractivity contribution in [1.29, 1.82) is 0 Å². The smallest absolute Gasteiger partial charge is 0.269 e. The van der Waals surface area contributed by atoms with Gasteiger partial charge in [0.05, 0.1) is 13.7 Å². The van der Waals surface area contributed by atoms with Crippen molar-refractivity contribution < 1.29 is 14.0 Å². The monoisotopic (exact) mass is 370 g/mol. The first kappa shape index (κ1) is 18.0. The van der Waals surface area contributed by atoms with Gasteiger partial charge in [0.15, 0.2) is 11.5 Å². The van der Waals surface area contributed by atoms with Gasteiger partial charge in [0.25, 0.3) is 5.89 Å². The first-order chi connectivity index (χ1) is 12.7. The Balaban J connectivity index is 1.82. The zero-order valence-electron chi connectivity index (χ0n) is 14.6. The molecule has 0 fully saturated rings. The number of nitrogens with zero attached hydrogens (tertiary/aromatic N) is 2. The second kappa shape index (κ2) is 8.54. The van der Waals surface area contributed by atoms with Crippen LogP contribution < -0.4 is 9.47 Å². The number of aromatic nitrogens is 2. The van der Waals surface area contributed by atoms with E-state index in [0.717, 1.165) is 17.5 Å². The van der Waals surface area contributed by atoms with Crippen LogP contribution in [0.15, 0.2) is 53.1 Å². The van der Waals surface area contributed by atoms with E-state index < -0.39 is 0 Å². The van der Waals surface area contributed by atoms with Crippen molar-refractivity contribution in [3.05, 3.63) is 60.0 Å². The zero-order chi connectivity index (χ0) is 18.4. The highest BCUT2D eigenvalue weighted by Gasteiger charge is 2.12. The van der Waals surface area contributed by atoms with Crippen molar-refractivity contribution in [2.45, 2.75) is 13.3 Å². The highest BCUT2D eigenvalue weighted by Crippen LogP contribution is 2.31. The molecule has 26 heavy (non-hydrogen) atoms. The van der Waals surface area contributed by atoms with Gasteiger partial charge in [-0.2, -0.15) is 4.98 Å². The van der Waals surface area contributed by atoms with Crippen LogP contribution in [0.2, 0.25) is 0 Å². The van der Waals surface area contributed by atoms with Crippen molar-refractivity contribution in [3.63, 3.8) is 0 Å². The molecule has 0 saturated heterocycles. The summed E-state index contributed by atoms with van der Waals surface area (Å²) in [6.07, 6.45) is 2.67. The molecule has 0 spiro atoms. The topological polar surface area (TPSA) is 57.4 Å².